The maximum Gasteiger partial charge on any atom is 0.317 e. The zero-order valence-electron chi connectivity index (χ0n) is 15.8. The number of aromatic nitrogens is 1. The van der Waals surface area contributed by atoms with Gasteiger partial charge in [-0.05, 0) is 30.0 Å². The lowest BCUT2D eigenvalue weighted by atomic mass is 9.96. The van der Waals surface area contributed by atoms with Crippen LogP contribution in [0, 0.1) is 5.92 Å². The van der Waals surface area contributed by atoms with Gasteiger partial charge in [0.25, 0.3) is 0 Å². The van der Waals surface area contributed by atoms with E-state index >= 15 is 0 Å². The van der Waals surface area contributed by atoms with Crippen molar-refractivity contribution in [3.8, 4) is 0 Å². The van der Waals surface area contributed by atoms with Crippen molar-refractivity contribution in [3.05, 3.63) is 30.1 Å². The molecule has 1 heterocycles. The summed E-state index contributed by atoms with van der Waals surface area (Å²) in [5, 5.41) is 3.10. The minimum Gasteiger partial charge on any atom is -0.334 e. The third kappa shape index (κ3) is 8.21. The quantitative estimate of drug-likeness (QED) is 0.689. The predicted molar refractivity (Wildman–Crippen MR) is 107 cm³/mol. The molecule has 0 aromatic carbocycles. The Morgan fingerprint density at radius 3 is 2.50 bits per heavy atom. The van der Waals surface area contributed by atoms with Crippen LogP contribution in [0.1, 0.15) is 57.4 Å². The Morgan fingerprint density at radius 1 is 1.15 bits per heavy atom. The van der Waals surface area contributed by atoms with Crippen molar-refractivity contribution in [1.29, 1.82) is 0 Å². The monoisotopic (exact) mass is 377 g/mol. The Bertz CT molecular complexity index is 545. The van der Waals surface area contributed by atoms with E-state index in [4.69, 9.17) is 0 Å². The van der Waals surface area contributed by atoms with Gasteiger partial charge in [-0.2, -0.15) is 0 Å². The van der Waals surface area contributed by atoms with Gasteiger partial charge in [0.15, 0.2) is 5.12 Å². The summed E-state index contributed by atoms with van der Waals surface area (Å²) in [5.74, 6) is 1.39. The zero-order valence-corrected chi connectivity index (χ0v) is 16.6. The molecular weight excluding hydrogens is 346 g/mol. The summed E-state index contributed by atoms with van der Waals surface area (Å²) >= 11 is 1.29. The summed E-state index contributed by atoms with van der Waals surface area (Å²) < 4.78 is 0. The van der Waals surface area contributed by atoms with Gasteiger partial charge in [0.1, 0.15) is 0 Å². The first-order chi connectivity index (χ1) is 12.6. The van der Waals surface area contributed by atoms with E-state index in [0.29, 0.717) is 18.8 Å². The molecule has 1 saturated carbocycles. The molecule has 5 nitrogen and oxygen atoms in total. The number of pyridine rings is 1. The number of carbonyl (C=O) groups is 2. The lowest BCUT2D eigenvalue weighted by Crippen LogP contribution is -2.42. The SMILES string of the molecule is CC(=O)SCCN(CCC1CCCCCC1)C(=O)NCc1ccncc1. The molecule has 1 aromatic heterocycles. The zero-order chi connectivity index (χ0) is 18.6. The summed E-state index contributed by atoms with van der Waals surface area (Å²) in [6, 6.07) is 3.77. The molecular formula is C20H31N3O2S. The average Bonchev–Trinajstić information content (AvgIpc) is 2.92. The van der Waals surface area contributed by atoms with E-state index in [-0.39, 0.29) is 11.1 Å². The molecule has 0 spiro atoms. The van der Waals surface area contributed by atoms with E-state index < -0.39 is 0 Å². The molecule has 1 N–H and O–H groups in total. The molecule has 0 unspecified atom stereocenters. The van der Waals surface area contributed by atoms with Gasteiger partial charge < -0.3 is 10.2 Å². The van der Waals surface area contributed by atoms with Crippen LogP contribution in [0.4, 0.5) is 4.79 Å². The first kappa shape index (κ1) is 20.7. The normalized spacial score (nSPS) is 15.3. The smallest absolute Gasteiger partial charge is 0.317 e. The molecule has 0 radical (unpaired) electrons. The number of carbonyl (C=O) groups excluding carboxylic acids is 2. The number of urea groups is 1. The average molecular weight is 378 g/mol. The summed E-state index contributed by atoms with van der Waals surface area (Å²) in [6.45, 7) is 3.45. The van der Waals surface area contributed by atoms with E-state index in [0.717, 1.165) is 24.4 Å². The molecule has 0 saturated heterocycles. The van der Waals surface area contributed by atoms with Crippen molar-refractivity contribution in [3.63, 3.8) is 0 Å². The lowest BCUT2D eigenvalue weighted by Gasteiger charge is -2.25. The molecule has 144 valence electrons. The van der Waals surface area contributed by atoms with E-state index in [9.17, 15) is 9.59 Å². The van der Waals surface area contributed by atoms with E-state index in [1.807, 2.05) is 17.0 Å². The molecule has 1 aliphatic rings. The first-order valence-electron chi connectivity index (χ1n) is 9.70. The molecule has 0 atom stereocenters. The summed E-state index contributed by atoms with van der Waals surface area (Å²) in [7, 11) is 0. The van der Waals surface area contributed by atoms with Crippen LogP contribution in [0.15, 0.2) is 24.5 Å². The highest BCUT2D eigenvalue weighted by Crippen LogP contribution is 2.25. The molecule has 6 heteroatoms. The second-order valence-electron chi connectivity index (χ2n) is 6.99. The minimum absolute atomic E-state index is 0.0420. The third-order valence-corrected chi connectivity index (χ3v) is 5.72. The van der Waals surface area contributed by atoms with Crippen molar-refractivity contribution in [2.24, 2.45) is 5.92 Å². The van der Waals surface area contributed by atoms with Crippen LogP contribution in [0.2, 0.25) is 0 Å². The molecule has 0 bridgehead atoms. The molecule has 2 rings (SSSR count). The van der Waals surface area contributed by atoms with Crippen molar-refractivity contribution < 1.29 is 9.59 Å². The summed E-state index contributed by atoms with van der Waals surface area (Å²) in [6.07, 6.45) is 12.4. The molecule has 0 aliphatic heterocycles. The minimum atomic E-state index is -0.0420. The van der Waals surface area contributed by atoms with Gasteiger partial charge in [0.05, 0.1) is 0 Å². The number of thioether (sulfide) groups is 1. The van der Waals surface area contributed by atoms with Gasteiger partial charge in [-0.1, -0.05) is 50.3 Å². The summed E-state index contributed by atoms with van der Waals surface area (Å²) in [4.78, 5) is 29.7. The summed E-state index contributed by atoms with van der Waals surface area (Å²) in [5.41, 5.74) is 1.04. The van der Waals surface area contributed by atoms with Gasteiger partial charge >= 0.3 is 6.03 Å². The van der Waals surface area contributed by atoms with Crippen LogP contribution in [0.5, 0.6) is 0 Å². The lowest BCUT2D eigenvalue weighted by molar-refractivity contribution is -0.109. The van der Waals surface area contributed by atoms with E-state index in [1.165, 1.54) is 50.3 Å². The first-order valence-corrected chi connectivity index (χ1v) is 10.7. The molecule has 1 aliphatic carbocycles. The molecule has 26 heavy (non-hydrogen) atoms. The molecule has 2 amide bonds. The largest absolute Gasteiger partial charge is 0.334 e. The number of nitrogens with one attached hydrogen (secondary N) is 1. The number of hydrogen-bond donors (Lipinski definition) is 1. The van der Waals surface area contributed by atoms with Gasteiger partial charge in [-0.25, -0.2) is 4.79 Å². The maximum atomic E-state index is 12.6. The number of rotatable bonds is 8. The van der Waals surface area contributed by atoms with Crippen LogP contribution in [0.25, 0.3) is 0 Å². The highest BCUT2D eigenvalue weighted by molar-refractivity contribution is 8.13. The third-order valence-electron chi connectivity index (χ3n) is 4.93. The van der Waals surface area contributed by atoms with Crippen LogP contribution in [-0.2, 0) is 11.3 Å². The van der Waals surface area contributed by atoms with Crippen molar-refractivity contribution in [2.45, 2.75) is 58.4 Å². The Balaban J connectivity index is 1.83. The highest BCUT2D eigenvalue weighted by Gasteiger charge is 2.17. The van der Waals surface area contributed by atoms with Crippen molar-refractivity contribution >= 4 is 22.9 Å². The fraction of sp³-hybridized carbons (Fsp3) is 0.650. The topological polar surface area (TPSA) is 62.3 Å². The van der Waals surface area contributed by atoms with Gasteiger partial charge in [-0.3, -0.25) is 9.78 Å². The van der Waals surface area contributed by atoms with Crippen molar-refractivity contribution in [2.75, 3.05) is 18.8 Å². The van der Waals surface area contributed by atoms with Gasteiger partial charge in [0.2, 0.25) is 0 Å². The highest BCUT2D eigenvalue weighted by atomic mass is 32.2. The van der Waals surface area contributed by atoms with E-state index in [1.54, 1.807) is 19.3 Å². The van der Waals surface area contributed by atoms with Crippen LogP contribution < -0.4 is 5.32 Å². The van der Waals surface area contributed by atoms with Gasteiger partial charge in [0, 0.05) is 44.7 Å². The Morgan fingerprint density at radius 2 is 1.85 bits per heavy atom. The Kier molecular flexibility index (Phi) is 9.53. The molecule has 1 aromatic rings. The maximum absolute atomic E-state index is 12.6. The van der Waals surface area contributed by atoms with E-state index in [2.05, 4.69) is 10.3 Å². The van der Waals surface area contributed by atoms with Gasteiger partial charge in [-0.15, -0.1) is 0 Å². The Labute approximate surface area is 161 Å². The number of hydrogen-bond acceptors (Lipinski definition) is 4. The van der Waals surface area contributed by atoms with Crippen LogP contribution in [0.3, 0.4) is 0 Å². The second-order valence-corrected chi connectivity index (χ2v) is 8.26. The predicted octanol–water partition coefficient (Wildman–Crippen LogP) is 4.23. The number of nitrogens with zero attached hydrogens (tertiary/aromatic N) is 2. The van der Waals surface area contributed by atoms with Crippen LogP contribution >= 0.6 is 11.8 Å². The standard InChI is InChI=1S/C20H31N3O2S/c1-17(24)26-15-14-23(13-10-18-6-4-2-3-5-7-18)20(25)22-16-19-8-11-21-12-9-19/h8-9,11-12,18H,2-7,10,13-16H2,1H3,(H,22,25). The number of amides is 2. The van der Waals surface area contributed by atoms with Crippen LogP contribution in [-0.4, -0.2) is 39.9 Å². The Hall–Kier alpha value is -1.56. The second kappa shape index (κ2) is 11.9. The molecule has 1 fully saturated rings. The fourth-order valence-corrected chi connectivity index (χ4v) is 3.99. The fourth-order valence-electron chi connectivity index (χ4n) is 3.40. The van der Waals surface area contributed by atoms with Crippen molar-refractivity contribution in [1.82, 2.24) is 15.2 Å².